The van der Waals surface area contributed by atoms with Crippen LogP contribution in [0.25, 0.3) is 0 Å². The number of halogens is 2. The van der Waals surface area contributed by atoms with E-state index in [2.05, 4.69) is 11.4 Å². The van der Waals surface area contributed by atoms with Gasteiger partial charge in [-0.3, -0.25) is 4.79 Å². The summed E-state index contributed by atoms with van der Waals surface area (Å²) in [6, 6.07) is 7.33. The van der Waals surface area contributed by atoms with E-state index < -0.39 is 6.04 Å². The highest BCUT2D eigenvalue weighted by Crippen LogP contribution is 2.41. The van der Waals surface area contributed by atoms with Crippen LogP contribution in [0.15, 0.2) is 24.3 Å². The zero-order valence-electron chi connectivity index (χ0n) is 12.8. The van der Waals surface area contributed by atoms with Gasteiger partial charge >= 0.3 is 0 Å². The summed E-state index contributed by atoms with van der Waals surface area (Å²) in [7, 11) is 1.54. The number of nitrogens with one attached hydrogen (secondary N) is 1. The SMILES string of the molecule is COCC(N)C(=O)NCC1(c2cccc(Cl)c2)CCCC1.Cl. The van der Waals surface area contributed by atoms with Gasteiger partial charge in [-0.25, -0.2) is 0 Å². The Morgan fingerprint density at radius 2 is 2.14 bits per heavy atom. The number of amides is 1. The Kier molecular flexibility index (Phi) is 7.63. The van der Waals surface area contributed by atoms with Crippen molar-refractivity contribution in [1.82, 2.24) is 5.32 Å². The fourth-order valence-electron chi connectivity index (χ4n) is 3.08. The number of benzene rings is 1. The molecule has 22 heavy (non-hydrogen) atoms. The highest BCUT2D eigenvalue weighted by atomic mass is 35.5. The van der Waals surface area contributed by atoms with Crippen molar-refractivity contribution >= 4 is 29.9 Å². The fourth-order valence-corrected chi connectivity index (χ4v) is 3.27. The van der Waals surface area contributed by atoms with Crippen molar-refractivity contribution in [2.45, 2.75) is 37.1 Å². The number of hydrogen-bond acceptors (Lipinski definition) is 3. The van der Waals surface area contributed by atoms with Crippen LogP contribution in [0.1, 0.15) is 31.2 Å². The van der Waals surface area contributed by atoms with E-state index in [4.69, 9.17) is 22.1 Å². The lowest BCUT2D eigenvalue weighted by Gasteiger charge is -2.30. The first-order chi connectivity index (χ1) is 10.1. The lowest BCUT2D eigenvalue weighted by Crippen LogP contribution is -2.47. The van der Waals surface area contributed by atoms with Crippen molar-refractivity contribution in [3.8, 4) is 0 Å². The average Bonchev–Trinajstić information content (AvgIpc) is 2.95. The molecule has 1 aliphatic rings. The Bertz CT molecular complexity index is 491. The van der Waals surface area contributed by atoms with Gasteiger partial charge in [-0.2, -0.15) is 0 Å². The quantitative estimate of drug-likeness (QED) is 0.832. The third-order valence-electron chi connectivity index (χ3n) is 4.28. The molecule has 1 aliphatic carbocycles. The maximum Gasteiger partial charge on any atom is 0.239 e. The molecule has 124 valence electrons. The number of carbonyl (C=O) groups excluding carboxylic acids is 1. The molecule has 4 nitrogen and oxygen atoms in total. The molecule has 1 saturated carbocycles. The zero-order valence-corrected chi connectivity index (χ0v) is 14.4. The van der Waals surface area contributed by atoms with Crippen LogP contribution in [0.5, 0.6) is 0 Å². The Morgan fingerprint density at radius 1 is 1.45 bits per heavy atom. The number of nitrogens with two attached hydrogens (primary N) is 1. The van der Waals surface area contributed by atoms with Crippen molar-refractivity contribution in [2.75, 3.05) is 20.3 Å². The monoisotopic (exact) mass is 346 g/mol. The van der Waals surface area contributed by atoms with E-state index in [1.807, 2.05) is 18.2 Å². The van der Waals surface area contributed by atoms with Crippen molar-refractivity contribution in [1.29, 1.82) is 0 Å². The van der Waals surface area contributed by atoms with Gasteiger partial charge in [0, 0.05) is 24.1 Å². The molecule has 6 heteroatoms. The van der Waals surface area contributed by atoms with Gasteiger partial charge < -0.3 is 15.8 Å². The summed E-state index contributed by atoms with van der Waals surface area (Å²) in [4.78, 5) is 12.0. The topological polar surface area (TPSA) is 64.3 Å². The molecule has 0 bridgehead atoms. The molecular weight excluding hydrogens is 323 g/mol. The van der Waals surface area contributed by atoms with Gasteiger partial charge in [0.05, 0.1) is 6.61 Å². The molecule has 1 aromatic rings. The average molecular weight is 347 g/mol. The van der Waals surface area contributed by atoms with Gasteiger partial charge in [0.2, 0.25) is 5.91 Å². The zero-order chi connectivity index (χ0) is 15.3. The minimum atomic E-state index is -0.618. The van der Waals surface area contributed by atoms with E-state index in [9.17, 15) is 4.79 Å². The van der Waals surface area contributed by atoms with Crippen molar-refractivity contribution in [3.05, 3.63) is 34.9 Å². The molecule has 1 atom stereocenters. The normalized spacial score (nSPS) is 17.6. The molecule has 3 N–H and O–H groups in total. The second kappa shape index (κ2) is 8.73. The van der Waals surface area contributed by atoms with Crippen LogP contribution < -0.4 is 11.1 Å². The largest absolute Gasteiger partial charge is 0.383 e. The third-order valence-corrected chi connectivity index (χ3v) is 4.52. The molecule has 1 unspecified atom stereocenters. The molecule has 0 radical (unpaired) electrons. The molecule has 0 aromatic heterocycles. The summed E-state index contributed by atoms with van der Waals surface area (Å²) >= 11 is 6.12. The predicted molar refractivity (Wildman–Crippen MR) is 91.7 cm³/mol. The number of hydrogen-bond donors (Lipinski definition) is 2. The predicted octanol–water partition coefficient (Wildman–Crippen LogP) is 2.66. The summed E-state index contributed by atoms with van der Waals surface area (Å²) in [5, 5.41) is 3.72. The van der Waals surface area contributed by atoms with E-state index in [0.717, 1.165) is 17.9 Å². The van der Waals surface area contributed by atoms with E-state index >= 15 is 0 Å². The van der Waals surface area contributed by atoms with Gasteiger partial charge in [-0.1, -0.05) is 36.6 Å². The van der Waals surface area contributed by atoms with Gasteiger partial charge in [0.1, 0.15) is 6.04 Å². The van der Waals surface area contributed by atoms with Crippen LogP contribution in [-0.2, 0) is 14.9 Å². The maximum atomic E-state index is 12.0. The smallest absolute Gasteiger partial charge is 0.239 e. The highest BCUT2D eigenvalue weighted by Gasteiger charge is 2.36. The second-order valence-electron chi connectivity index (χ2n) is 5.78. The van der Waals surface area contributed by atoms with Crippen LogP contribution in [0.4, 0.5) is 0 Å². The number of carbonyl (C=O) groups is 1. The van der Waals surface area contributed by atoms with E-state index in [1.54, 1.807) is 0 Å². The lowest BCUT2D eigenvalue weighted by molar-refractivity contribution is -0.123. The number of methoxy groups -OCH3 is 1. The molecule has 0 aliphatic heterocycles. The van der Waals surface area contributed by atoms with Crippen molar-refractivity contribution in [3.63, 3.8) is 0 Å². The molecule has 2 rings (SSSR count). The summed E-state index contributed by atoms with van der Waals surface area (Å²) < 4.78 is 4.92. The van der Waals surface area contributed by atoms with Crippen LogP contribution in [-0.4, -0.2) is 32.2 Å². The Balaban J connectivity index is 0.00000242. The van der Waals surface area contributed by atoms with E-state index in [1.165, 1.54) is 25.5 Å². The molecule has 0 spiro atoms. The standard InChI is InChI=1S/C16H23ClN2O2.ClH/c1-21-10-14(18)15(20)19-11-16(7-2-3-8-16)12-5-4-6-13(17)9-12;/h4-6,9,14H,2-3,7-8,10-11,18H2,1H3,(H,19,20);1H. The highest BCUT2D eigenvalue weighted by molar-refractivity contribution is 6.30. The number of ether oxygens (including phenoxy) is 1. The van der Waals surface area contributed by atoms with Crippen molar-refractivity contribution < 1.29 is 9.53 Å². The molecule has 1 aromatic carbocycles. The summed E-state index contributed by atoms with van der Waals surface area (Å²) in [5.74, 6) is -0.162. The minimum absolute atomic E-state index is 0. The lowest BCUT2D eigenvalue weighted by atomic mass is 9.79. The third kappa shape index (κ3) is 4.59. The van der Waals surface area contributed by atoms with Crippen LogP contribution >= 0.6 is 24.0 Å². The molecule has 1 amide bonds. The number of rotatable bonds is 6. The van der Waals surface area contributed by atoms with Gasteiger partial charge in [-0.05, 0) is 30.5 Å². The van der Waals surface area contributed by atoms with E-state index in [-0.39, 0.29) is 30.3 Å². The summed E-state index contributed by atoms with van der Waals surface area (Å²) in [5.41, 5.74) is 6.94. The summed E-state index contributed by atoms with van der Waals surface area (Å²) in [6.45, 7) is 0.833. The van der Waals surface area contributed by atoms with Gasteiger partial charge in [0.15, 0.2) is 0 Å². The van der Waals surface area contributed by atoms with Crippen molar-refractivity contribution in [2.24, 2.45) is 5.73 Å². The molecular formula is C16H24Cl2N2O2. The van der Waals surface area contributed by atoms with Gasteiger partial charge in [-0.15, -0.1) is 12.4 Å². The molecule has 0 heterocycles. The fraction of sp³-hybridized carbons (Fsp3) is 0.562. The van der Waals surface area contributed by atoms with Gasteiger partial charge in [0.25, 0.3) is 0 Å². The van der Waals surface area contributed by atoms with Crippen LogP contribution in [0.3, 0.4) is 0 Å². The minimum Gasteiger partial charge on any atom is -0.383 e. The van der Waals surface area contributed by atoms with Crippen LogP contribution in [0, 0.1) is 0 Å². The first kappa shape index (κ1) is 19.2. The Morgan fingerprint density at radius 3 is 2.73 bits per heavy atom. The van der Waals surface area contributed by atoms with Crippen LogP contribution in [0.2, 0.25) is 5.02 Å². The van der Waals surface area contributed by atoms with E-state index in [0.29, 0.717) is 6.54 Å². The maximum absolute atomic E-state index is 12.0. The summed E-state index contributed by atoms with van der Waals surface area (Å²) in [6.07, 6.45) is 4.47. The first-order valence-electron chi connectivity index (χ1n) is 7.36. The first-order valence-corrected chi connectivity index (χ1v) is 7.73. The molecule has 0 saturated heterocycles. The Hall–Kier alpha value is -0.810. The second-order valence-corrected chi connectivity index (χ2v) is 6.21. The molecule has 1 fully saturated rings. The Labute approximate surface area is 143 Å².